The summed E-state index contributed by atoms with van der Waals surface area (Å²) in [6, 6.07) is 5.95. The summed E-state index contributed by atoms with van der Waals surface area (Å²) < 4.78 is 54.6. The first-order valence-electron chi connectivity index (χ1n) is 9.48. The fourth-order valence-corrected chi connectivity index (χ4v) is 6.30. The van der Waals surface area contributed by atoms with Crippen LogP contribution in [0.3, 0.4) is 0 Å². The number of carbonyl (C=O) groups excluding carboxylic acids is 1. The number of aromatic nitrogens is 1. The largest absolute Gasteiger partial charge is 0.302 e. The molecule has 164 valence electrons. The van der Waals surface area contributed by atoms with E-state index in [0.29, 0.717) is 16.2 Å². The summed E-state index contributed by atoms with van der Waals surface area (Å²) >= 11 is 7.48. The SMILES string of the molecule is Cc1ccc(Cl)c2sc(NC(=O)C3CCN(S(=O)(=O)c4cc(F)ccc4F)CC3)nc12. The molecule has 0 atom stereocenters. The Morgan fingerprint density at radius 2 is 1.94 bits per heavy atom. The molecule has 0 unspecified atom stereocenters. The predicted octanol–water partition coefficient (Wildman–Crippen LogP) is 4.58. The number of carbonyl (C=O) groups is 1. The van der Waals surface area contributed by atoms with Gasteiger partial charge in [-0.3, -0.25) is 4.79 Å². The van der Waals surface area contributed by atoms with Crippen molar-refractivity contribution in [1.29, 1.82) is 0 Å². The van der Waals surface area contributed by atoms with E-state index in [1.165, 1.54) is 11.3 Å². The highest BCUT2D eigenvalue weighted by atomic mass is 35.5. The third-order valence-electron chi connectivity index (χ3n) is 5.26. The highest BCUT2D eigenvalue weighted by Crippen LogP contribution is 2.34. The van der Waals surface area contributed by atoms with Gasteiger partial charge in [0.15, 0.2) is 5.13 Å². The van der Waals surface area contributed by atoms with E-state index in [1.54, 1.807) is 6.07 Å². The minimum Gasteiger partial charge on any atom is -0.302 e. The number of rotatable bonds is 4. The van der Waals surface area contributed by atoms with Crippen LogP contribution in [0.2, 0.25) is 5.02 Å². The highest BCUT2D eigenvalue weighted by Gasteiger charge is 2.34. The molecule has 3 aromatic rings. The number of halogens is 3. The van der Waals surface area contributed by atoms with Crippen LogP contribution in [0.25, 0.3) is 10.2 Å². The summed E-state index contributed by atoms with van der Waals surface area (Å²) in [5, 5.41) is 3.77. The number of thiazole rings is 1. The summed E-state index contributed by atoms with van der Waals surface area (Å²) in [6.45, 7) is 1.96. The van der Waals surface area contributed by atoms with Gasteiger partial charge in [0, 0.05) is 19.0 Å². The zero-order valence-electron chi connectivity index (χ0n) is 16.4. The number of aryl methyl sites for hydroxylation is 1. The van der Waals surface area contributed by atoms with Gasteiger partial charge >= 0.3 is 0 Å². The van der Waals surface area contributed by atoms with E-state index in [9.17, 15) is 22.0 Å². The molecular formula is C20H18ClF2N3O3S2. The predicted molar refractivity (Wildman–Crippen MR) is 116 cm³/mol. The van der Waals surface area contributed by atoms with Crippen molar-refractivity contribution >= 4 is 54.2 Å². The zero-order chi connectivity index (χ0) is 22.3. The molecule has 1 saturated heterocycles. The lowest BCUT2D eigenvalue weighted by Crippen LogP contribution is -2.41. The molecule has 1 fully saturated rings. The highest BCUT2D eigenvalue weighted by molar-refractivity contribution is 7.89. The average molecular weight is 486 g/mol. The average Bonchev–Trinajstić information content (AvgIpc) is 3.17. The van der Waals surface area contributed by atoms with Crippen LogP contribution in [0.1, 0.15) is 18.4 Å². The third kappa shape index (κ3) is 4.30. The van der Waals surface area contributed by atoms with Crippen LogP contribution in [0.15, 0.2) is 35.2 Å². The first-order chi connectivity index (χ1) is 14.7. The molecule has 1 amide bonds. The molecule has 31 heavy (non-hydrogen) atoms. The van der Waals surface area contributed by atoms with Crippen molar-refractivity contribution in [1.82, 2.24) is 9.29 Å². The molecule has 0 saturated carbocycles. The topological polar surface area (TPSA) is 79.4 Å². The van der Waals surface area contributed by atoms with E-state index in [2.05, 4.69) is 10.3 Å². The van der Waals surface area contributed by atoms with Crippen molar-refractivity contribution in [3.05, 3.63) is 52.6 Å². The van der Waals surface area contributed by atoms with Gasteiger partial charge in [-0.25, -0.2) is 22.2 Å². The quantitative estimate of drug-likeness (QED) is 0.587. The van der Waals surface area contributed by atoms with Gasteiger partial charge in [0.2, 0.25) is 15.9 Å². The smallest absolute Gasteiger partial charge is 0.246 e. The minimum atomic E-state index is -4.19. The number of piperidine rings is 1. The number of amides is 1. The number of anilines is 1. The molecule has 4 rings (SSSR count). The van der Waals surface area contributed by atoms with Crippen molar-refractivity contribution in [3.63, 3.8) is 0 Å². The van der Waals surface area contributed by atoms with E-state index in [4.69, 9.17) is 11.6 Å². The van der Waals surface area contributed by atoms with E-state index in [1.807, 2.05) is 13.0 Å². The summed E-state index contributed by atoms with van der Waals surface area (Å²) in [5.74, 6) is -2.53. The fraction of sp³-hybridized carbons (Fsp3) is 0.300. The lowest BCUT2D eigenvalue weighted by Gasteiger charge is -2.30. The number of fused-ring (bicyclic) bond motifs is 1. The second-order valence-electron chi connectivity index (χ2n) is 7.30. The van der Waals surface area contributed by atoms with E-state index < -0.39 is 32.5 Å². The van der Waals surface area contributed by atoms with Crippen LogP contribution < -0.4 is 5.32 Å². The molecule has 2 aromatic carbocycles. The number of hydrogen-bond acceptors (Lipinski definition) is 5. The van der Waals surface area contributed by atoms with Crippen LogP contribution >= 0.6 is 22.9 Å². The lowest BCUT2D eigenvalue weighted by molar-refractivity contribution is -0.120. The number of nitrogens with one attached hydrogen (secondary N) is 1. The maximum absolute atomic E-state index is 14.0. The van der Waals surface area contributed by atoms with Crippen LogP contribution in [0.5, 0.6) is 0 Å². The van der Waals surface area contributed by atoms with E-state index in [-0.39, 0.29) is 31.8 Å². The molecule has 1 aliphatic rings. The van der Waals surface area contributed by atoms with Crippen LogP contribution in [-0.2, 0) is 14.8 Å². The summed E-state index contributed by atoms with van der Waals surface area (Å²) in [7, 11) is -4.19. The Hall–Kier alpha value is -2.14. The molecular weight excluding hydrogens is 468 g/mol. The molecule has 0 bridgehead atoms. The van der Waals surface area contributed by atoms with Crippen molar-refractivity contribution in [2.75, 3.05) is 18.4 Å². The molecule has 1 N–H and O–H groups in total. The molecule has 6 nitrogen and oxygen atoms in total. The molecule has 0 spiro atoms. The van der Waals surface area contributed by atoms with Gasteiger partial charge in [-0.2, -0.15) is 4.31 Å². The van der Waals surface area contributed by atoms with E-state index in [0.717, 1.165) is 32.2 Å². The number of benzene rings is 2. The Morgan fingerprint density at radius 3 is 2.61 bits per heavy atom. The molecule has 11 heteroatoms. The van der Waals surface area contributed by atoms with Gasteiger partial charge in [0.1, 0.15) is 16.5 Å². The maximum Gasteiger partial charge on any atom is 0.246 e. The van der Waals surface area contributed by atoms with Crippen molar-refractivity contribution < 1.29 is 22.0 Å². The van der Waals surface area contributed by atoms with E-state index >= 15 is 0 Å². The van der Waals surface area contributed by atoms with Gasteiger partial charge in [-0.15, -0.1) is 0 Å². The Bertz CT molecular complexity index is 1230. The van der Waals surface area contributed by atoms with Crippen molar-refractivity contribution in [2.24, 2.45) is 5.92 Å². The molecule has 0 aliphatic carbocycles. The van der Waals surface area contributed by atoms with Gasteiger partial charge < -0.3 is 5.32 Å². The number of sulfonamides is 1. The summed E-state index contributed by atoms with van der Waals surface area (Å²) in [6.07, 6.45) is 0.513. The Kier molecular flexibility index (Phi) is 5.99. The standard InChI is InChI=1S/C20H18ClF2N3O3S2/c1-11-2-4-14(21)18-17(11)24-20(30-18)25-19(27)12-6-8-26(9-7-12)31(28,29)16-10-13(22)3-5-15(16)23/h2-5,10,12H,6-9H2,1H3,(H,24,25,27). The minimum absolute atomic E-state index is 0.0289. The Morgan fingerprint density at radius 1 is 1.23 bits per heavy atom. The first kappa shape index (κ1) is 22.1. The fourth-order valence-electron chi connectivity index (χ4n) is 3.54. The molecule has 1 aromatic heterocycles. The monoisotopic (exact) mass is 485 g/mol. The normalized spacial score (nSPS) is 16.0. The number of hydrogen-bond donors (Lipinski definition) is 1. The second kappa shape index (κ2) is 8.42. The summed E-state index contributed by atoms with van der Waals surface area (Å²) in [5.41, 5.74) is 1.67. The molecule has 1 aliphatic heterocycles. The van der Waals surface area contributed by atoms with Gasteiger partial charge in [0.25, 0.3) is 0 Å². The van der Waals surface area contributed by atoms with Crippen LogP contribution in [0, 0.1) is 24.5 Å². The number of nitrogens with zero attached hydrogens (tertiary/aromatic N) is 2. The summed E-state index contributed by atoms with van der Waals surface area (Å²) in [4.78, 5) is 16.4. The Labute approximate surface area is 186 Å². The Balaban J connectivity index is 1.44. The zero-order valence-corrected chi connectivity index (χ0v) is 18.8. The second-order valence-corrected chi connectivity index (χ2v) is 10.6. The van der Waals surface area contributed by atoms with Crippen molar-refractivity contribution in [2.45, 2.75) is 24.7 Å². The van der Waals surface area contributed by atoms with Gasteiger partial charge in [-0.1, -0.05) is 29.0 Å². The van der Waals surface area contributed by atoms with Crippen LogP contribution in [0.4, 0.5) is 13.9 Å². The van der Waals surface area contributed by atoms with Gasteiger partial charge in [-0.05, 0) is 49.6 Å². The maximum atomic E-state index is 14.0. The first-order valence-corrected chi connectivity index (χ1v) is 12.1. The third-order valence-corrected chi connectivity index (χ3v) is 8.61. The van der Waals surface area contributed by atoms with Gasteiger partial charge in [0.05, 0.1) is 15.2 Å². The molecule has 2 heterocycles. The van der Waals surface area contributed by atoms with Crippen LogP contribution in [-0.4, -0.2) is 36.7 Å². The van der Waals surface area contributed by atoms with Crippen molar-refractivity contribution in [3.8, 4) is 0 Å². The molecule has 0 radical (unpaired) electrons. The lowest BCUT2D eigenvalue weighted by atomic mass is 9.97.